The summed E-state index contributed by atoms with van der Waals surface area (Å²) in [6, 6.07) is 21.1. The summed E-state index contributed by atoms with van der Waals surface area (Å²) in [6.45, 7) is 2.55. The molecule has 0 unspecified atom stereocenters. The minimum absolute atomic E-state index is 0.0280. The number of benzene rings is 2. The molecule has 0 atom stereocenters. The molecule has 0 radical (unpaired) electrons. The predicted molar refractivity (Wildman–Crippen MR) is 94.3 cm³/mol. The molecule has 3 nitrogen and oxygen atoms in total. The zero-order valence-electron chi connectivity index (χ0n) is 13.6. The maximum absolute atomic E-state index is 12.5. The van der Waals surface area contributed by atoms with Crippen molar-refractivity contribution in [2.75, 3.05) is 0 Å². The average Bonchev–Trinajstić information content (AvgIpc) is 2.67. The Morgan fingerprint density at radius 2 is 1.58 bits per heavy atom. The van der Waals surface area contributed by atoms with Crippen molar-refractivity contribution >= 4 is 5.78 Å². The third-order valence-corrected chi connectivity index (χ3v) is 3.85. The van der Waals surface area contributed by atoms with E-state index in [0.29, 0.717) is 23.6 Å². The number of nitrogens with zero attached hydrogens (tertiary/aromatic N) is 1. The molecule has 3 aromatic rings. The van der Waals surface area contributed by atoms with Crippen molar-refractivity contribution < 1.29 is 9.53 Å². The molecule has 0 N–H and O–H groups in total. The van der Waals surface area contributed by atoms with E-state index in [1.165, 1.54) is 5.56 Å². The van der Waals surface area contributed by atoms with Crippen LogP contribution in [0.15, 0.2) is 72.9 Å². The van der Waals surface area contributed by atoms with Gasteiger partial charge in [0.05, 0.1) is 0 Å². The van der Waals surface area contributed by atoms with E-state index in [1.807, 2.05) is 54.6 Å². The van der Waals surface area contributed by atoms with Crippen LogP contribution in [0, 0.1) is 0 Å². The fraction of sp³-hybridized carbons (Fsp3) is 0.143. The second-order valence-corrected chi connectivity index (χ2v) is 5.54. The van der Waals surface area contributed by atoms with Gasteiger partial charge in [0.1, 0.15) is 6.61 Å². The van der Waals surface area contributed by atoms with Gasteiger partial charge in [0, 0.05) is 23.4 Å². The largest absolute Gasteiger partial charge is 0.473 e. The number of pyridine rings is 1. The van der Waals surface area contributed by atoms with Gasteiger partial charge in [-0.1, -0.05) is 61.5 Å². The fourth-order valence-corrected chi connectivity index (χ4v) is 2.39. The minimum Gasteiger partial charge on any atom is -0.473 e. The van der Waals surface area contributed by atoms with E-state index in [0.717, 1.165) is 12.0 Å². The van der Waals surface area contributed by atoms with Crippen LogP contribution in [0.2, 0.25) is 0 Å². The van der Waals surface area contributed by atoms with Crippen LogP contribution in [0.1, 0.15) is 34.0 Å². The number of carbonyl (C=O) groups is 1. The first-order valence-corrected chi connectivity index (χ1v) is 8.02. The summed E-state index contributed by atoms with van der Waals surface area (Å²) in [5.41, 5.74) is 3.53. The summed E-state index contributed by atoms with van der Waals surface area (Å²) >= 11 is 0. The molecule has 3 heteroatoms. The number of ether oxygens (including phenoxy) is 1. The van der Waals surface area contributed by atoms with Crippen LogP contribution in [0.4, 0.5) is 0 Å². The molecule has 0 fully saturated rings. The SMILES string of the molecule is CCc1ccc(C(=O)c2ccc(OCc3ccccc3)nc2)cc1. The van der Waals surface area contributed by atoms with Crippen molar-refractivity contribution in [1.29, 1.82) is 0 Å². The molecule has 0 bridgehead atoms. The molecule has 0 amide bonds. The molecule has 2 aromatic carbocycles. The van der Waals surface area contributed by atoms with Gasteiger partial charge in [-0.05, 0) is 23.6 Å². The Morgan fingerprint density at radius 3 is 2.21 bits per heavy atom. The molecule has 3 rings (SSSR count). The zero-order chi connectivity index (χ0) is 16.8. The molecular weight excluding hydrogens is 298 g/mol. The number of carbonyl (C=O) groups excluding carboxylic acids is 1. The second kappa shape index (κ2) is 7.55. The van der Waals surface area contributed by atoms with E-state index < -0.39 is 0 Å². The molecule has 0 saturated heterocycles. The second-order valence-electron chi connectivity index (χ2n) is 5.54. The summed E-state index contributed by atoms with van der Waals surface area (Å²) in [5.74, 6) is 0.483. The Labute approximate surface area is 142 Å². The summed E-state index contributed by atoms with van der Waals surface area (Å²) in [5, 5.41) is 0. The van der Waals surface area contributed by atoms with E-state index in [4.69, 9.17) is 4.74 Å². The molecule has 1 heterocycles. The lowest BCUT2D eigenvalue weighted by atomic mass is 10.0. The van der Waals surface area contributed by atoms with Crippen molar-refractivity contribution in [3.8, 4) is 5.88 Å². The van der Waals surface area contributed by atoms with Crippen LogP contribution >= 0.6 is 0 Å². The van der Waals surface area contributed by atoms with E-state index in [1.54, 1.807) is 18.3 Å². The van der Waals surface area contributed by atoms with Crippen molar-refractivity contribution in [2.45, 2.75) is 20.0 Å². The first-order valence-electron chi connectivity index (χ1n) is 8.02. The Bertz CT molecular complexity index is 794. The lowest BCUT2D eigenvalue weighted by Gasteiger charge is -2.06. The molecule has 24 heavy (non-hydrogen) atoms. The van der Waals surface area contributed by atoms with Crippen LogP contribution in [0.5, 0.6) is 5.88 Å². The highest BCUT2D eigenvalue weighted by Crippen LogP contribution is 2.14. The minimum atomic E-state index is -0.0280. The molecule has 0 aliphatic rings. The van der Waals surface area contributed by atoms with Gasteiger partial charge in [0.25, 0.3) is 0 Å². The van der Waals surface area contributed by atoms with Gasteiger partial charge in [-0.2, -0.15) is 0 Å². The molecule has 1 aromatic heterocycles. The van der Waals surface area contributed by atoms with Crippen molar-refractivity contribution in [3.05, 3.63) is 95.2 Å². The summed E-state index contributed by atoms with van der Waals surface area (Å²) in [7, 11) is 0. The summed E-state index contributed by atoms with van der Waals surface area (Å²) < 4.78 is 5.64. The molecule has 0 spiro atoms. The van der Waals surface area contributed by atoms with Crippen molar-refractivity contribution in [1.82, 2.24) is 4.98 Å². The van der Waals surface area contributed by atoms with Crippen LogP contribution in [0.25, 0.3) is 0 Å². The Morgan fingerprint density at radius 1 is 0.875 bits per heavy atom. The third-order valence-electron chi connectivity index (χ3n) is 3.85. The van der Waals surface area contributed by atoms with Gasteiger partial charge in [0.15, 0.2) is 5.78 Å². The average molecular weight is 317 g/mol. The smallest absolute Gasteiger partial charge is 0.213 e. The predicted octanol–water partition coefficient (Wildman–Crippen LogP) is 4.45. The fourth-order valence-electron chi connectivity index (χ4n) is 2.39. The van der Waals surface area contributed by atoms with E-state index >= 15 is 0 Å². The molecule has 0 saturated carbocycles. The number of aromatic nitrogens is 1. The van der Waals surface area contributed by atoms with Gasteiger partial charge < -0.3 is 4.74 Å². The highest BCUT2D eigenvalue weighted by atomic mass is 16.5. The third kappa shape index (κ3) is 3.87. The number of rotatable bonds is 6. The Balaban J connectivity index is 1.66. The summed E-state index contributed by atoms with van der Waals surface area (Å²) in [6.07, 6.45) is 2.53. The Kier molecular flexibility index (Phi) is 5.02. The number of hydrogen-bond donors (Lipinski definition) is 0. The van der Waals surface area contributed by atoms with Gasteiger partial charge >= 0.3 is 0 Å². The topological polar surface area (TPSA) is 39.2 Å². The molecule has 120 valence electrons. The van der Waals surface area contributed by atoms with Gasteiger partial charge in [-0.15, -0.1) is 0 Å². The highest BCUT2D eigenvalue weighted by Gasteiger charge is 2.09. The standard InChI is InChI=1S/C21H19NO2/c1-2-16-8-10-18(11-9-16)21(23)19-12-13-20(22-14-19)24-15-17-6-4-3-5-7-17/h3-14H,2,15H2,1H3. The van der Waals surface area contributed by atoms with Crippen molar-refractivity contribution in [3.63, 3.8) is 0 Å². The number of hydrogen-bond acceptors (Lipinski definition) is 3. The number of aryl methyl sites for hydroxylation is 1. The molecule has 0 aliphatic carbocycles. The monoisotopic (exact) mass is 317 g/mol. The van der Waals surface area contributed by atoms with E-state index in [2.05, 4.69) is 11.9 Å². The zero-order valence-corrected chi connectivity index (χ0v) is 13.6. The maximum atomic E-state index is 12.5. The lowest BCUT2D eigenvalue weighted by molar-refractivity contribution is 0.103. The molecule has 0 aliphatic heterocycles. The van der Waals surface area contributed by atoms with Gasteiger partial charge in [0.2, 0.25) is 5.88 Å². The Hall–Kier alpha value is -2.94. The maximum Gasteiger partial charge on any atom is 0.213 e. The van der Waals surface area contributed by atoms with E-state index in [-0.39, 0.29) is 5.78 Å². The first-order chi connectivity index (χ1) is 11.8. The van der Waals surface area contributed by atoms with E-state index in [9.17, 15) is 4.79 Å². The van der Waals surface area contributed by atoms with Crippen LogP contribution in [0.3, 0.4) is 0 Å². The lowest BCUT2D eigenvalue weighted by Crippen LogP contribution is -2.03. The normalized spacial score (nSPS) is 10.4. The highest BCUT2D eigenvalue weighted by molar-refractivity contribution is 6.08. The van der Waals surface area contributed by atoms with Crippen LogP contribution in [-0.4, -0.2) is 10.8 Å². The van der Waals surface area contributed by atoms with Gasteiger partial charge in [-0.25, -0.2) is 4.98 Å². The van der Waals surface area contributed by atoms with Crippen molar-refractivity contribution in [2.24, 2.45) is 0 Å². The van der Waals surface area contributed by atoms with Gasteiger partial charge in [-0.3, -0.25) is 4.79 Å². The van der Waals surface area contributed by atoms with Crippen LogP contribution < -0.4 is 4.74 Å². The summed E-state index contributed by atoms with van der Waals surface area (Å²) in [4.78, 5) is 16.7. The first kappa shape index (κ1) is 15.9. The molecular formula is C21H19NO2. The quantitative estimate of drug-likeness (QED) is 0.630. The van der Waals surface area contributed by atoms with Crippen LogP contribution in [-0.2, 0) is 13.0 Å². The number of ketones is 1.